The molecule has 17 heteroatoms. The lowest BCUT2D eigenvalue weighted by Gasteiger charge is -2.38. The lowest BCUT2D eigenvalue weighted by molar-refractivity contribution is -0.122. The molecule has 3 aromatic carbocycles. The van der Waals surface area contributed by atoms with Crippen LogP contribution >= 0.6 is 12.2 Å². The molecule has 5 amide bonds. The van der Waals surface area contributed by atoms with Crippen LogP contribution in [-0.4, -0.2) is 139 Å². The van der Waals surface area contributed by atoms with Gasteiger partial charge in [0.25, 0.3) is 0 Å². The van der Waals surface area contributed by atoms with Gasteiger partial charge in [-0.05, 0) is 66.0 Å². The maximum atomic E-state index is 13.7. The van der Waals surface area contributed by atoms with E-state index in [1.807, 2.05) is 99.3 Å². The Labute approximate surface area is 357 Å². The number of rotatable bonds is 18. The van der Waals surface area contributed by atoms with Crippen LogP contribution in [0.3, 0.4) is 0 Å². The first kappa shape index (κ1) is 47.0. The van der Waals surface area contributed by atoms with Crippen molar-refractivity contribution in [3.63, 3.8) is 0 Å². The molecule has 1 atom stereocenters. The molecule has 1 unspecified atom stereocenters. The molecule has 60 heavy (non-hydrogen) atoms. The van der Waals surface area contributed by atoms with E-state index >= 15 is 0 Å². The largest absolute Gasteiger partial charge is 0.369 e. The van der Waals surface area contributed by atoms with E-state index in [2.05, 4.69) is 17.2 Å². The molecule has 16 nitrogen and oxygen atoms in total. The number of hydrogen-bond acceptors (Lipinski definition) is 10. The molecule has 3 aromatic rings. The standard InChI is InChI=1S/C43H59N11O5S/c1-3-33-9-6-7-11-37(33)54(25-34-10-5-4-8-31(34)2)42(59)16-17-48-43(60)49-35-14-12-32(13-15-35)24-36-26-52(29-40(46)57)21-20-50(27-38(44)55)18-19-51(28-39(45)56)22-23-53(36)30-41(47)58/h3-15,36H,1,16-30H2,2H3,(H2,44,55)(H2,45,56)(H2,46,57)(H2,47,58)(H2,48,49,60). The fraction of sp³-hybridized carbons (Fsp3) is 0.395. The van der Waals surface area contributed by atoms with Gasteiger partial charge >= 0.3 is 0 Å². The molecular formula is C43H59N11O5S. The second-order valence-corrected chi connectivity index (χ2v) is 15.4. The number of hydrogen-bond donors (Lipinski definition) is 6. The molecule has 1 saturated heterocycles. The quantitative estimate of drug-likeness (QED) is 0.0970. The summed E-state index contributed by atoms with van der Waals surface area (Å²) >= 11 is 5.60. The molecule has 4 rings (SSSR count). The van der Waals surface area contributed by atoms with Crippen LogP contribution < -0.4 is 38.5 Å². The first-order valence-corrected chi connectivity index (χ1v) is 20.4. The van der Waals surface area contributed by atoms with Crippen molar-refractivity contribution in [2.24, 2.45) is 22.9 Å². The normalized spacial score (nSPS) is 16.1. The van der Waals surface area contributed by atoms with Crippen LogP contribution in [0.15, 0.2) is 79.4 Å². The van der Waals surface area contributed by atoms with Crippen LogP contribution in [0.5, 0.6) is 0 Å². The summed E-state index contributed by atoms with van der Waals surface area (Å²) in [6.45, 7) is 9.34. The minimum absolute atomic E-state index is 0.00173. The van der Waals surface area contributed by atoms with Gasteiger partial charge in [-0.3, -0.25) is 43.6 Å². The predicted octanol–water partition coefficient (Wildman–Crippen LogP) is 0.622. The van der Waals surface area contributed by atoms with Gasteiger partial charge in [0.2, 0.25) is 29.5 Å². The van der Waals surface area contributed by atoms with Crippen molar-refractivity contribution in [2.45, 2.75) is 32.4 Å². The lowest BCUT2D eigenvalue weighted by atomic mass is 10.0. The Balaban J connectivity index is 1.44. The number of nitrogens with zero attached hydrogens (tertiary/aromatic N) is 5. The van der Waals surface area contributed by atoms with Crippen molar-refractivity contribution >= 4 is 64.3 Å². The summed E-state index contributed by atoms with van der Waals surface area (Å²) in [5.74, 6) is -2.11. The number of amides is 5. The van der Waals surface area contributed by atoms with Gasteiger partial charge in [0.05, 0.1) is 38.4 Å². The van der Waals surface area contributed by atoms with E-state index < -0.39 is 23.6 Å². The van der Waals surface area contributed by atoms with E-state index in [0.717, 1.165) is 33.6 Å². The number of nitrogens with one attached hydrogen (secondary N) is 2. The molecule has 1 aliphatic heterocycles. The third-order valence-corrected chi connectivity index (χ3v) is 10.5. The van der Waals surface area contributed by atoms with Gasteiger partial charge in [-0.1, -0.05) is 67.3 Å². The molecule has 1 fully saturated rings. The Morgan fingerprint density at radius 1 is 0.750 bits per heavy atom. The highest BCUT2D eigenvalue weighted by atomic mass is 32.1. The average Bonchev–Trinajstić information content (AvgIpc) is 3.19. The van der Waals surface area contributed by atoms with Crippen LogP contribution in [0.2, 0.25) is 0 Å². The zero-order valence-corrected chi connectivity index (χ0v) is 35.2. The number of aryl methyl sites for hydroxylation is 1. The fourth-order valence-corrected chi connectivity index (χ4v) is 7.45. The Bertz CT molecular complexity index is 1960. The SMILES string of the molecule is C=Cc1ccccc1N(Cc1ccccc1C)C(=O)CCNC(=S)Nc1ccc(CC2CN(CC(N)=O)CCN(CC(N)=O)CCN(CC(N)=O)CCN2CC(N)=O)cc1. The highest BCUT2D eigenvalue weighted by Gasteiger charge is 2.27. The minimum atomic E-state index is -0.523. The van der Waals surface area contributed by atoms with Gasteiger partial charge in [0.15, 0.2) is 5.11 Å². The summed E-state index contributed by atoms with van der Waals surface area (Å²) in [5, 5.41) is 6.70. The number of thiocarbonyl (C=S) groups is 1. The molecule has 0 aliphatic carbocycles. The van der Waals surface area contributed by atoms with Gasteiger partial charge < -0.3 is 38.5 Å². The van der Waals surface area contributed by atoms with Gasteiger partial charge in [-0.25, -0.2) is 0 Å². The molecule has 0 spiro atoms. The smallest absolute Gasteiger partial charge is 0.231 e. The van der Waals surface area contributed by atoms with Crippen LogP contribution in [0.4, 0.5) is 11.4 Å². The average molecular weight is 842 g/mol. The van der Waals surface area contributed by atoms with E-state index in [0.29, 0.717) is 70.4 Å². The third-order valence-electron chi connectivity index (χ3n) is 10.3. The number of para-hydroxylation sites is 1. The van der Waals surface area contributed by atoms with Crippen LogP contribution in [0.25, 0.3) is 6.08 Å². The number of anilines is 2. The molecule has 1 aliphatic rings. The molecule has 322 valence electrons. The lowest BCUT2D eigenvalue weighted by Crippen LogP contribution is -2.54. The monoisotopic (exact) mass is 841 g/mol. The zero-order chi connectivity index (χ0) is 43.6. The summed E-state index contributed by atoms with van der Waals surface area (Å²) in [6, 6.07) is 23.0. The maximum absolute atomic E-state index is 13.7. The second-order valence-electron chi connectivity index (χ2n) is 15.0. The molecule has 10 N–H and O–H groups in total. The highest BCUT2D eigenvalue weighted by molar-refractivity contribution is 7.80. The zero-order valence-electron chi connectivity index (χ0n) is 34.4. The van der Waals surface area contributed by atoms with Crippen LogP contribution in [0, 0.1) is 6.92 Å². The summed E-state index contributed by atoms with van der Waals surface area (Å²) in [6.07, 6.45) is 2.41. The van der Waals surface area contributed by atoms with Crippen molar-refractivity contribution in [1.82, 2.24) is 24.9 Å². The predicted molar refractivity (Wildman–Crippen MR) is 239 cm³/mol. The van der Waals surface area contributed by atoms with Gasteiger partial charge in [-0.2, -0.15) is 0 Å². The first-order chi connectivity index (χ1) is 28.7. The summed E-state index contributed by atoms with van der Waals surface area (Å²) in [4.78, 5) is 71.6. The third kappa shape index (κ3) is 15.8. The Hall–Kier alpha value is -5.72. The van der Waals surface area contributed by atoms with E-state index in [-0.39, 0.29) is 44.5 Å². The minimum Gasteiger partial charge on any atom is -0.369 e. The maximum Gasteiger partial charge on any atom is 0.231 e. The second kappa shape index (κ2) is 23.8. The summed E-state index contributed by atoms with van der Waals surface area (Å²) in [5.41, 5.74) is 28.0. The first-order valence-electron chi connectivity index (χ1n) is 19.9. The number of carbonyl (C=O) groups is 5. The summed E-state index contributed by atoms with van der Waals surface area (Å²) in [7, 11) is 0. The highest BCUT2D eigenvalue weighted by Crippen LogP contribution is 2.25. The van der Waals surface area contributed by atoms with Gasteiger partial charge in [0.1, 0.15) is 0 Å². The van der Waals surface area contributed by atoms with Crippen molar-refractivity contribution in [3.8, 4) is 0 Å². The fourth-order valence-electron chi connectivity index (χ4n) is 7.23. The molecule has 0 aromatic heterocycles. The van der Waals surface area contributed by atoms with E-state index in [4.69, 9.17) is 35.2 Å². The van der Waals surface area contributed by atoms with Gasteiger partial charge in [-0.15, -0.1) is 0 Å². The molecule has 0 bridgehead atoms. The van der Waals surface area contributed by atoms with Crippen LogP contribution in [-0.2, 0) is 36.9 Å². The van der Waals surface area contributed by atoms with Crippen molar-refractivity contribution in [1.29, 1.82) is 0 Å². The Kier molecular flexibility index (Phi) is 18.6. The molecule has 0 saturated carbocycles. The van der Waals surface area contributed by atoms with Crippen molar-refractivity contribution in [2.75, 3.05) is 88.8 Å². The Morgan fingerprint density at radius 2 is 1.30 bits per heavy atom. The molecule has 0 radical (unpaired) electrons. The molecule has 1 heterocycles. The van der Waals surface area contributed by atoms with Crippen molar-refractivity contribution in [3.05, 3.63) is 102 Å². The number of nitrogens with two attached hydrogens (primary N) is 4. The number of benzene rings is 3. The van der Waals surface area contributed by atoms with E-state index in [9.17, 15) is 24.0 Å². The van der Waals surface area contributed by atoms with E-state index in [1.54, 1.807) is 11.0 Å². The van der Waals surface area contributed by atoms with Crippen molar-refractivity contribution < 1.29 is 24.0 Å². The topological polar surface area (TPSA) is 230 Å². The number of carbonyl (C=O) groups excluding carboxylic acids is 5. The van der Waals surface area contributed by atoms with Crippen LogP contribution in [0.1, 0.15) is 28.7 Å². The molecular weight excluding hydrogens is 783 g/mol. The van der Waals surface area contributed by atoms with Gasteiger partial charge in [0, 0.05) is 70.5 Å². The van der Waals surface area contributed by atoms with E-state index in [1.165, 1.54) is 0 Å². The summed E-state index contributed by atoms with van der Waals surface area (Å²) < 4.78 is 0. The number of primary amides is 4. The Morgan fingerprint density at radius 3 is 1.90 bits per heavy atom.